The summed E-state index contributed by atoms with van der Waals surface area (Å²) >= 11 is 0. The fourth-order valence-electron chi connectivity index (χ4n) is 2.43. The van der Waals surface area contributed by atoms with Crippen molar-refractivity contribution in [2.24, 2.45) is 0 Å². The molecular formula is C21H26O7. The summed E-state index contributed by atoms with van der Waals surface area (Å²) in [6, 6.07) is 3.47. The van der Waals surface area contributed by atoms with E-state index in [2.05, 4.69) is 0 Å². The minimum atomic E-state index is -1.26. The summed E-state index contributed by atoms with van der Waals surface area (Å²) < 4.78 is 0. The quantitative estimate of drug-likeness (QED) is 0.170. The number of hydrogen-bond donors (Lipinski definition) is 5. The van der Waals surface area contributed by atoms with Gasteiger partial charge in [0.2, 0.25) is 0 Å². The van der Waals surface area contributed by atoms with Crippen LogP contribution in [0.4, 0.5) is 0 Å². The van der Waals surface area contributed by atoms with Gasteiger partial charge in [0.1, 0.15) is 11.5 Å². The predicted octanol–water partition coefficient (Wildman–Crippen LogP) is 2.71. The van der Waals surface area contributed by atoms with E-state index < -0.39 is 18.2 Å². The summed E-state index contributed by atoms with van der Waals surface area (Å²) in [5, 5.41) is 46.8. The van der Waals surface area contributed by atoms with Crippen LogP contribution in [0.2, 0.25) is 0 Å². The van der Waals surface area contributed by atoms with Crippen molar-refractivity contribution < 1.29 is 35.1 Å². The molecule has 7 heteroatoms. The maximum atomic E-state index is 12.3. The second-order valence-corrected chi connectivity index (χ2v) is 6.34. The third-order valence-electron chi connectivity index (χ3n) is 4.09. The number of carboxylic acid groups (broad SMARTS) is 1. The van der Waals surface area contributed by atoms with Crippen LogP contribution < -0.4 is 0 Å². The highest BCUT2D eigenvalue weighted by Crippen LogP contribution is 2.24. The standard InChI is InChI=1S/C21H26O7/c1-14(12-22)4-2-5-15(13-23)6-3-7-16(21(27)28)10-20(26)18-11-17(24)8-9-19(18)25/h4,6-9,11,22-25H,2-3,5,10,12-13H2,1H3,(H,27,28)/b14-4+,15-6-,16-7+. The minimum Gasteiger partial charge on any atom is -0.508 e. The molecule has 5 N–H and O–H groups in total. The zero-order chi connectivity index (χ0) is 21.1. The van der Waals surface area contributed by atoms with Gasteiger partial charge < -0.3 is 25.5 Å². The molecule has 0 aliphatic rings. The number of carboxylic acids is 1. The molecule has 0 spiro atoms. The van der Waals surface area contributed by atoms with E-state index in [1.807, 2.05) is 6.08 Å². The van der Waals surface area contributed by atoms with Gasteiger partial charge in [-0.05, 0) is 50.0 Å². The second-order valence-electron chi connectivity index (χ2n) is 6.34. The van der Waals surface area contributed by atoms with Gasteiger partial charge in [-0.3, -0.25) is 4.79 Å². The molecule has 0 aliphatic carbocycles. The Kier molecular flexibility index (Phi) is 9.70. The molecule has 0 unspecified atom stereocenters. The van der Waals surface area contributed by atoms with E-state index in [9.17, 15) is 30.0 Å². The number of aromatic hydroxyl groups is 2. The van der Waals surface area contributed by atoms with E-state index in [0.29, 0.717) is 12.8 Å². The normalized spacial score (nSPS) is 12.9. The highest BCUT2D eigenvalue weighted by Gasteiger charge is 2.17. The van der Waals surface area contributed by atoms with E-state index in [-0.39, 0.29) is 42.3 Å². The number of hydrogen-bond acceptors (Lipinski definition) is 6. The van der Waals surface area contributed by atoms with Crippen molar-refractivity contribution >= 4 is 11.8 Å². The predicted molar refractivity (Wildman–Crippen MR) is 104 cm³/mol. The molecule has 0 fully saturated rings. The zero-order valence-electron chi connectivity index (χ0n) is 15.8. The molecule has 28 heavy (non-hydrogen) atoms. The average molecular weight is 390 g/mol. The highest BCUT2D eigenvalue weighted by molar-refractivity contribution is 6.04. The van der Waals surface area contributed by atoms with Gasteiger partial charge in [-0.15, -0.1) is 0 Å². The van der Waals surface area contributed by atoms with Crippen LogP contribution in [0.3, 0.4) is 0 Å². The van der Waals surface area contributed by atoms with Crippen molar-refractivity contribution in [3.8, 4) is 11.5 Å². The van der Waals surface area contributed by atoms with Crippen LogP contribution in [0.25, 0.3) is 0 Å². The Labute approximate surface area is 163 Å². The maximum absolute atomic E-state index is 12.3. The fourth-order valence-corrected chi connectivity index (χ4v) is 2.43. The summed E-state index contributed by atoms with van der Waals surface area (Å²) in [6.45, 7) is 1.61. The van der Waals surface area contributed by atoms with Crippen molar-refractivity contribution in [2.75, 3.05) is 13.2 Å². The topological polar surface area (TPSA) is 135 Å². The van der Waals surface area contributed by atoms with E-state index in [0.717, 1.165) is 23.3 Å². The maximum Gasteiger partial charge on any atom is 0.331 e. The Morgan fingerprint density at radius 2 is 1.75 bits per heavy atom. The molecule has 152 valence electrons. The number of aliphatic hydroxyl groups is 2. The number of rotatable bonds is 11. The van der Waals surface area contributed by atoms with Gasteiger partial charge in [-0.1, -0.05) is 23.8 Å². The molecule has 1 aromatic carbocycles. The Morgan fingerprint density at radius 3 is 2.36 bits per heavy atom. The lowest BCUT2D eigenvalue weighted by molar-refractivity contribution is -0.132. The molecule has 0 saturated heterocycles. The Hall–Kier alpha value is -2.90. The number of ketones is 1. The van der Waals surface area contributed by atoms with Crippen LogP contribution in [-0.2, 0) is 4.79 Å². The first kappa shape index (κ1) is 23.1. The third-order valence-corrected chi connectivity index (χ3v) is 4.09. The fraction of sp³-hybridized carbons (Fsp3) is 0.333. The van der Waals surface area contributed by atoms with E-state index in [4.69, 9.17) is 5.11 Å². The summed E-state index contributed by atoms with van der Waals surface area (Å²) in [6.07, 6.45) is 5.94. The first-order valence-corrected chi connectivity index (χ1v) is 8.81. The van der Waals surface area contributed by atoms with E-state index in [1.165, 1.54) is 12.1 Å². The molecule has 0 heterocycles. The number of phenolic OH excluding ortho intramolecular Hbond substituents is 2. The first-order valence-electron chi connectivity index (χ1n) is 8.81. The summed E-state index contributed by atoms with van der Waals surface area (Å²) in [7, 11) is 0. The third kappa shape index (κ3) is 7.77. The SMILES string of the molecule is C/C(=C\CC/C(=C/C/C=C(\CC(=O)c1cc(O)ccc1O)C(=O)O)CO)CO. The highest BCUT2D eigenvalue weighted by atomic mass is 16.4. The van der Waals surface area contributed by atoms with Crippen LogP contribution >= 0.6 is 0 Å². The van der Waals surface area contributed by atoms with Gasteiger partial charge in [0.25, 0.3) is 0 Å². The molecule has 7 nitrogen and oxygen atoms in total. The van der Waals surface area contributed by atoms with Crippen molar-refractivity contribution in [3.63, 3.8) is 0 Å². The lowest BCUT2D eigenvalue weighted by Gasteiger charge is -2.06. The number of benzene rings is 1. The number of allylic oxidation sites excluding steroid dienone is 3. The number of aliphatic hydroxyl groups excluding tert-OH is 2. The van der Waals surface area contributed by atoms with E-state index in [1.54, 1.807) is 13.0 Å². The Morgan fingerprint density at radius 1 is 1.04 bits per heavy atom. The molecule has 1 rings (SSSR count). The molecule has 0 atom stereocenters. The number of Topliss-reactive ketones (excluding diaryl/α,β-unsaturated/α-hetero) is 1. The monoisotopic (exact) mass is 390 g/mol. The number of phenols is 2. The first-order chi connectivity index (χ1) is 13.3. The van der Waals surface area contributed by atoms with Crippen molar-refractivity contribution in [3.05, 3.63) is 58.7 Å². The van der Waals surface area contributed by atoms with Gasteiger partial charge in [0, 0.05) is 12.0 Å². The molecular weight excluding hydrogens is 364 g/mol. The van der Waals surface area contributed by atoms with Crippen LogP contribution in [-0.4, -0.2) is 50.5 Å². The number of carbonyl (C=O) groups is 2. The summed E-state index contributed by atoms with van der Waals surface area (Å²) in [4.78, 5) is 23.7. The number of aliphatic carboxylic acids is 1. The second kappa shape index (κ2) is 11.7. The number of carbonyl (C=O) groups excluding carboxylic acids is 1. The minimum absolute atomic E-state index is 0.0222. The van der Waals surface area contributed by atoms with Crippen molar-refractivity contribution in [1.82, 2.24) is 0 Å². The molecule has 1 aromatic rings. The van der Waals surface area contributed by atoms with Crippen molar-refractivity contribution in [2.45, 2.75) is 32.6 Å². The smallest absolute Gasteiger partial charge is 0.331 e. The van der Waals surface area contributed by atoms with Crippen LogP contribution in [0.15, 0.2) is 53.1 Å². The Balaban J connectivity index is 2.81. The molecule has 0 bridgehead atoms. The molecule has 0 aromatic heterocycles. The molecule has 0 aliphatic heterocycles. The average Bonchev–Trinajstić information content (AvgIpc) is 2.67. The molecule has 0 radical (unpaired) electrons. The van der Waals surface area contributed by atoms with Gasteiger partial charge >= 0.3 is 5.97 Å². The van der Waals surface area contributed by atoms with Gasteiger partial charge in [-0.2, -0.15) is 0 Å². The van der Waals surface area contributed by atoms with Crippen molar-refractivity contribution in [1.29, 1.82) is 0 Å². The molecule has 0 saturated carbocycles. The Bertz CT molecular complexity index is 788. The zero-order valence-corrected chi connectivity index (χ0v) is 15.8. The van der Waals surface area contributed by atoms with Crippen LogP contribution in [0.5, 0.6) is 11.5 Å². The van der Waals surface area contributed by atoms with Crippen LogP contribution in [0, 0.1) is 0 Å². The summed E-state index contributed by atoms with van der Waals surface area (Å²) in [5.41, 5.74) is 1.26. The van der Waals surface area contributed by atoms with Gasteiger partial charge in [0.15, 0.2) is 5.78 Å². The van der Waals surface area contributed by atoms with Gasteiger partial charge in [0.05, 0.1) is 18.8 Å². The largest absolute Gasteiger partial charge is 0.508 e. The summed E-state index contributed by atoms with van der Waals surface area (Å²) in [5.74, 6) is -2.42. The van der Waals surface area contributed by atoms with E-state index >= 15 is 0 Å². The lowest BCUT2D eigenvalue weighted by atomic mass is 10.0. The lowest BCUT2D eigenvalue weighted by Crippen LogP contribution is -2.08. The van der Waals surface area contributed by atoms with Crippen LogP contribution in [0.1, 0.15) is 43.0 Å². The van der Waals surface area contributed by atoms with Gasteiger partial charge in [-0.25, -0.2) is 4.79 Å². The molecule has 0 amide bonds.